The second-order valence-electron chi connectivity index (χ2n) is 5.76. The van der Waals surface area contributed by atoms with E-state index in [4.69, 9.17) is 16.3 Å². The van der Waals surface area contributed by atoms with Gasteiger partial charge in [-0.25, -0.2) is 9.78 Å². The van der Waals surface area contributed by atoms with Crippen molar-refractivity contribution in [1.29, 1.82) is 0 Å². The molecule has 0 aliphatic rings. The van der Waals surface area contributed by atoms with Crippen LogP contribution in [0.5, 0.6) is 0 Å². The Morgan fingerprint density at radius 1 is 1.24 bits per heavy atom. The molecule has 0 N–H and O–H groups in total. The molecule has 1 aromatic carbocycles. The molecule has 0 amide bonds. The molecule has 3 aromatic rings. The lowest BCUT2D eigenvalue weighted by atomic mass is 10.1. The van der Waals surface area contributed by atoms with Gasteiger partial charge in [-0.1, -0.05) is 31.5 Å². The highest BCUT2D eigenvalue weighted by molar-refractivity contribution is 6.33. The lowest BCUT2D eigenvalue weighted by Crippen LogP contribution is -2.00. The Bertz CT molecular complexity index is 963. The summed E-state index contributed by atoms with van der Waals surface area (Å²) in [4.78, 5) is 16.3. The third-order valence-corrected chi connectivity index (χ3v) is 4.02. The fraction of sp³-hybridized carbons (Fsp3) is 0.222. The number of nitrogens with zero attached hydrogens (tertiary/aromatic N) is 4. The molecule has 0 spiro atoms. The van der Waals surface area contributed by atoms with E-state index in [1.807, 2.05) is 42.6 Å². The Labute approximate surface area is 150 Å². The summed E-state index contributed by atoms with van der Waals surface area (Å²) in [7, 11) is 1.32. The number of pyridine rings is 1. The van der Waals surface area contributed by atoms with Gasteiger partial charge in [-0.05, 0) is 36.2 Å². The van der Waals surface area contributed by atoms with E-state index in [0.29, 0.717) is 22.1 Å². The first-order chi connectivity index (χ1) is 12.0. The average molecular weight is 357 g/mol. The van der Waals surface area contributed by atoms with E-state index < -0.39 is 5.97 Å². The molecule has 0 unspecified atom stereocenters. The number of rotatable bonds is 4. The number of benzene rings is 1. The predicted octanol–water partition coefficient (Wildman–Crippen LogP) is 5.31. The first-order valence-corrected chi connectivity index (χ1v) is 8.15. The zero-order valence-corrected chi connectivity index (χ0v) is 14.9. The monoisotopic (exact) mass is 356 g/mol. The lowest BCUT2D eigenvalue weighted by molar-refractivity contribution is 0.0601. The van der Waals surface area contributed by atoms with Crippen molar-refractivity contribution in [3.63, 3.8) is 0 Å². The van der Waals surface area contributed by atoms with Gasteiger partial charge in [0.25, 0.3) is 0 Å². The largest absolute Gasteiger partial charge is 0.465 e. The molecule has 0 bridgehead atoms. The van der Waals surface area contributed by atoms with E-state index >= 15 is 0 Å². The van der Waals surface area contributed by atoms with Crippen LogP contribution in [0.25, 0.3) is 5.65 Å². The maximum Gasteiger partial charge on any atom is 0.337 e. The molecule has 128 valence electrons. The molecule has 0 aliphatic carbocycles. The Morgan fingerprint density at radius 3 is 2.76 bits per heavy atom. The topological polar surface area (TPSA) is 68.3 Å². The molecule has 7 heteroatoms. The maximum atomic E-state index is 11.7. The van der Waals surface area contributed by atoms with Gasteiger partial charge in [0.1, 0.15) is 11.3 Å². The number of azo groups is 1. The zero-order chi connectivity index (χ0) is 18.0. The minimum atomic E-state index is -0.453. The van der Waals surface area contributed by atoms with Gasteiger partial charge in [0.05, 0.1) is 23.4 Å². The fourth-order valence-electron chi connectivity index (χ4n) is 2.42. The number of aromatic nitrogens is 2. The predicted molar refractivity (Wildman–Crippen MR) is 96.2 cm³/mol. The van der Waals surface area contributed by atoms with Gasteiger partial charge in [-0.15, -0.1) is 10.2 Å². The molecule has 0 fully saturated rings. The third-order valence-electron chi connectivity index (χ3n) is 3.70. The van der Waals surface area contributed by atoms with Gasteiger partial charge in [-0.2, -0.15) is 0 Å². The minimum absolute atomic E-state index is 0.186. The number of esters is 1. The van der Waals surface area contributed by atoms with Crippen LogP contribution in [0.1, 0.15) is 35.8 Å². The molecule has 0 saturated heterocycles. The highest BCUT2D eigenvalue weighted by atomic mass is 35.5. The summed E-state index contributed by atoms with van der Waals surface area (Å²) in [5.41, 5.74) is 2.40. The average Bonchev–Trinajstić information content (AvgIpc) is 2.99. The smallest absolute Gasteiger partial charge is 0.337 e. The summed E-state index contributed by atoms with van der Waals surface area (Å²) in [6, 6.07) is 10.5. The van der Waals surface area contributed by atoms with Crippen molar-refractivity contribution in [2.24, 2.45) is 10.2 Å². The van der Waals surface area contributed by atoms with Crippen LogP contribution in [0.2, 0.25) is 5.02 Å². The fourth-order valence-corrected chi connectivity index (χ4v) is 2.58. The van der Waals surface area contributed by atoms with Crippen LogP contribution in [0.15, 0.2) is 52.8 Å². The lowest BCUT2D eigenvalue weighted by Gasteiger charge is -2.03. The maximum absolute atomic E-state index is 11.7. The summed E-state index contributed by atoms with van der Waals surface area (Å²) in [5, 5.41) is 9.00. The van der Waals surface area contributed by atoms with E-state index in [0.717, 1.165) is 11.3 Å². The number of carbonyl (C=O) groups is 1. The molecule has 2 aromatic heterocycles. The van der Waals surface area contributed by atoms with E-state index in [1.165, 1.54) is 7.11 Å². The molecule has 0 saturated carbocycles. The second kappa shape index (κ2) is 7.03. The molecule has 6 nitrogen and oxygen atoms in total. The summed E-state index contributed by atoms with van der Waals surface area (Å²) < 4.78 is 6.59. The minimum Gasteiger partial charge on any atom is -0.465 e. The van der Waals surface area contributed by atoms with Crippen LogP contribution >= 0.6 is 11.6 Å². The van der Waals surface area contributed by atoms with Gasteiger partial charge in [0.2, 0.25) is 0 Å². The number of hydrogen-bond acceptors (Lipinski definition) is 5. The van der Waals surface area contributed by atoms with Crippen LogP contribution in [-0.2, 0) is 4.74 Å². The number of carbonyl (C=O) groups excluding carboxylic acids is 1. The van der Waals surface area contributed by atoms with Crippen LogP contribution in [-0.4, -0.2) is 22.5 Å². The molecule has 3 rings (SSSR count). The van der Waals surface area contributed by atoms with Crippen LogP contribution in [0.4, 0.5) is 11.5 Å². The van der Waals surface area contributed by atoms with E-state index in [2.05, 4.69) is 15.2 Å². The van der Waals surface area contributed by atoms with Crippen molar-refractivity contribution in [3.8, 4) is 0 Å². The number of methoxy groups -OCH3 is 1. The Kier molecular flexibility index (Phi) is 4.81. The number of imidazole rings is 1. The van der Waals surface area contributed by atoms with Gasteiger partial charge >= 0.3 is 5.97 Å². The molecule has 0 radical (unpaired) electrons. The van der Waals surface area contributed by atoms with Gasteiger partial charge in [0.15, 0.2) is 5.82 Å². The van der Waals surface area contributed by atoms with Crippen LogP contribution in [0, 0.1) is 0 Å². The number of fused-ring (bicyclic) bond motifs is 1. The third kappa shape index (κ3) is 3.39. The first kappa shape index (κ1) is 17.1. The second-order valence-corrected chi connectivity index (χ2v) is 6.17. The van der Waals surface area contributed by atoms with Gasteiger partial charge in [0, 0.05) is 6.20 Å². The van der Waals surface area contributed by atoms with Crippen LogP contribution < -0.4 is 0 Å². The Morgan fingerprint density at radius 2 is 2.04 bits per heavy atom. The van der Waals surface area contributed by atoms with E-state index in [9.17, 15) is 4.79 Å². The van der Waals surface area contributed by atoms with Crippen molar-refractivity contribution in [3.05, 3.63) is 58.9 Å². The highest BCUT2D eigenvalue weighted by Gasteiger charge is 2.15. The summed E-state index contributed by atoms with van der Waals surface area (Å²) >= 11 is 6.18. The zero-order valence-electron chi connectivity index (χ0n) is 14.1. The van der Waals surface area contributed by atoms with Crippen molar-refractivity contribution >= 4 is 34.7 Å². The SMILES string of the molecule is COC(=O)c1ccc(Cl)c(N=Nc2c(C(C)C)nc3ccccn23)c1. The summed E-state index contributed by atoms with van der Waals surface area (Å²) in [6.07, 6.45) is 1.88. The number of ether oxygens (including phenoxy) is 1. The van der Waals surface area contributed by atoms with Crippen LogP contribution in [0.3, 0.4) is 0 Å². The quantitative estimate of drug-likeness (QED) is 0.469. The summed E-state index contributed by atoms with van der Waals surface area (Å²) in [6.45, 7) is 4.09. The molecule has 2 heterocycles. The molecule has 0 atom stereocenters. The Hall–Kier alpha value is -2.73. The van der Waals surface area contributed by atoms with Gasteiger partial charge in [-0.3, -0.25) is 4.40 Å². The molecule has 0 aliphatic heterocycles. The van der Waals surface area contributed by atoms with Gasteiger partial charge < -0.3 is 4.74 Å². The molecular weight excluding hydrogens is 340 g/mol. The number of hydrogen-bond donors (Lipinski definition) is 0. The Balaban J connectivity index is 2.07. The normalized spacial score (nSPS) is 11.6. The summed E-state index contributed by atoms with van der Waals surface area (Å²) in [5.74, 6) is 0.377. The van der Waals surface area contributed by atoms with Crippen molar-refractivity contribution < 1.29 is 9.53 Å². The number of halogens is 1. The van der Waals surface area contributed by atoms with E-state index in [1.54, 1.807) is 18.2 Å². The van der Waals surface area contributed by atoms with Crippen molar-refractivity contribution in [2.75, 3.05) is 7.11 Å². The van der Waals surface area contributed by atoms with Crippen molar-refractivity contribution in [2.45, 2.75) is 19.8 Å². The standard InChI is InChI=1S/C18H17ClN4O2/c1-11(2)16-17(23-9-5-4-6-15(23)20-16)22-21-14-10-12(18(24)25-3)7-8-13(14)19/h4-11H,1-3H3. The molecule has 25 heavy (non-hydrogen) atoms. The highest BCUT2D eigenvalue weighted by Crippen LogP contribution is 2.32. The van der Waals surface area contributed by atoms with Crippen molar-refractivity contribution in [1.82, 2.24) is 9.38 Å². The molecular formula is C18H17ClN4O2. The first-order valence-electron chi connectivity index (χ1n) is 7.78. The van der Waals surface area contributed by atoms with E-state index in [-0.39, 0.29) is 5.92 Å².